The van der Waals surface area contributed by atoms with Gasteiger partial charge in [0, 0.05) is 6.42 Å². The van der Waals surface area contributed by atoms with E-state index < -0.39 is 18.2 Å². The van der Waals surface area contributed by atoms with Crippen LogP contribution in [0.15, 0.2) is 85.1 Å². The maximum atomic E-state index is 13.2. The second-order valence-electron chi connectivity index (χ2n) is 19.0. The zero-order chi connectivity index (χ0) is 48.8. The van der Waals surface area contributed by atoms with E-state index in [1.165, 1.54) is 122 Å². The predicted molar refractivity (Wildman–Crippen MR) is 291 cm³/mol. The Morgan fingerprint density at radius 1 is 0.448 bits per heavy atom. The summed E-state index contributed by atoms with van der Waals surface area (Å²) in [6.45, 7) is 6.36. The molecule has 0 heterocycles. The molecule has 0 saturated heterocycles. The lowest BCUT2D eigenvalue weighted by molar-refractivity contribution is -0.150. The lowest BCUT2D eigenvalue weighted by atomic mass is 10.0. The van der Waals surface area contributed by atoms with Crippen molar-refractivity contribution in [2.75, 3.05) is 6.61 Å². The molecule has 67 heavy (non-hydrogen) atoms. The van der Waals surface area contributed by atoms with Crippen molar-refractivity contribution < 1.29 is 24.5 Å². The maximum absolute atomic E-state index is 13.2. The van der Waals surface area contributed by atoms with Crippen molar-refractivity contribution in [2.24, 2.45) is 0 Å². The van der Waals surface area contributed by atoms with Crippen molar-refractivity contribution in [3.63, 3.8) is 0 Å². The smallest absolute Gasteiger partial charge is 0.306 e. The standard InChI is InChI=1S/C61H107NO5/c1-4-7-10-13-16-19-22-25-28-29-30-31-33-36-39-42-45-48-51-54-61(66)67-57(52-49-46-43-40-37-34-27-24-21-18-15-12-9-6-3)55-60(65)62-58(56-63)59(64)53-50-47-44-41-38-35-32-26-23-20-17-14-11-8-5-2/h7,10,16,19,25,28,30-31,34,36-37,39,45,48,57-59,63-64H,4-6,8-9,11-15,17-18,20-24,26-27,29,32-33,35,38,40-44,46-47,49-56H2,1-3H3,(H,62,65)/b10-7-,19-16-,28-25-,31-30-,37-34+,39-36-,48-45-. The molecule has 386 valence electrons. The fraction of sp³-hybridized carbons (Fsp3) is 0.738. The third kappa shape index (κ3) is 49.3. The number of allylic oxidation sites excluding steroid dienone is 14. The van der Waals surface area contributed by atoms with E-state index in [9.17, 15) is 19.8 Å². The number of rotatable bonds is 50. The van der Waals surface area contributed by atoms with Crippen LogP contribution in [0.1, 0.15) is 265 Å². The van der Waals surface area contributed by atoms with Crippen LogP contribution in [-0.4, -0.2) is 46.9 Å². The van der Waals surface area contributed by atoms with Gasteiger partial charge in [-0.15, -0.1) is 0 Å². The van der Waals surface area contributed by atoms with Crippen LogP contribution in [-0.2, 0) is 14.3 Å². The molecule has 0 aliphatic rings. The lowest BCUT2D eigenvalue weighted by Crippen LogP contribution is -2.46. The molecule has 0 spiro atoms. The number of nitrogens with one attached hydrogen (secondary N) is 1. The molecule has 0 aromatic rings. The Bertz CT molecular complexity index is 1280. The van der Waals surface area contributed by atoms with Crippen molar-refractivity contribution in [1.82, 2.24) is 5.32 Å². The predicted octanol–water partition coefficient (Wildman–Crippen LogP) is 17.5. The van der Waals surface area contributed by atoms with Gasteiger partial charge in [-0.1, -0.05) is 247 Å². The largest absolute Gasteiger partial charge is 0.462 e. The van der Waals surface area contributed by atoms with E-state index in [0.717, 1.165) is 89.9 Å². The van der Waals surface area contributed by atoms with Gasteiger partial charge in [-0.2, -0.15) is 0 Å². The Kier molecular flexibility index (Phi) is 51.6. The van der Waals surface area contributed by atoms with Crippen LogP contribution in [0.2, 0.25) is 0 Å². The Balaban J connectivity index is 4.69. The summed E-state index contributed by atoms with van der Waals surface area (Å²) in [6.07, 6.45) is 70.8. The monoisotopic (exact) mass is 934 g/mol. The third-order valence-corrected chi connectivity index (χ3v) is 12.5. The molecular formula is C61H107NO5. The van der Waals surface area contributed by atoms with E-state index >= 15 is 0 Å². The zero-order valence-corrected chi connectivity index (χ0v) is 44.0. The van der Waals surface area contributed by atoms with Gasteiger partial charge >= 0.3 is 5.97 Å². The highest BCUT2D eigenvalue weighted by Gasteiger charge is 2.24. The molecule has 3 unspecified atom stereocenters. The normalized spacial score (nSPS) is 13.8. The Morgan fingerprint density at radius 3 is 1.24 bits per heavy atom. The molecule has 0 aliphatic heterocycles. The average Bonchev–Trinajstić information content (AvgIpc) is 3.32. The number of carbonyl (C=O) groups is 2. The fourth-order valence-corrected chi connectivity index (χ4v) is 8.22. The topological polar surface area (TPSA) is 95.9 Å². The highest BCUT2D eigenvalue weighted by molar-refractivity contribution is 5.77. The Labute approximate surface area is 414 Å². The van der Waals surface area contributed by atoms with Crippen LogP contribution in [0.5, 0.6) is 0 Å². The van der Waals surface area contributed by atoms with Crippen molar-refractivity contribution in [1.29, 1.82) is 0 Å². The van der Waals surface area contributed by atoms with Gasteiger partial charge in [0.05, 0.1) is 25.2 Å². The summed E-state index contributed by atoms with van der Waals surface area (Å²) in [5.74, 6) is -0.588. The van der Waals surface area contributed by atoms with Crippen molar-refractivity contribution in [3.05, 3.63) is 85.1 Å². The summed E-state index contributed by atoms with van der Waals surface area (Å²) in [7, 11) is 0. The summed E-state index contributed by atoms with van der Waals surface area (Å²) in [6, 6.07) is -0.726. The first-order chi connectivity index (χ1) is 33.0. The van der Waals surface area contributed by atoms with Gasteiger partial charge in [0.15, 0.2) is 0 Å². The summed E-state index contributed by atoms with van der Waals surface area (Å²) < 4.78 is 5.90. The third-order valence-electron chi connectivity index (χ3n) is 12.5. The molecule has 0 aliphatic carbocycles. The zero-order valence-electron chi connectivity index (χ0n) is 44.0. The van der Waals surface area contributed by atoms with Gasteiger partial charge in [0.25, 0.3) is 0 Å². The second kappa shape index (κ2) is 54.0. The SMILES string of the molecule is CC/C=C\C/C=C\C/C=C\C/C=C\C/C=C\C/C=C\CCC(=O)OC(CCCCC/C=C/CCCCCCCCC)CC(=O)NC(CO)C(O)CCCCCCCCCCCCCCCCC. The minimum atomic E-state index is -0.808. The molecule has 0 rings (SSSR count). The summed E-state index contributed by atoms with van der Waals surface area (Å²) in [5.41, 5.74) is 0. The molecule has 0 aromatic heterocycles. The van der Waals surface area contributed by atoms with Crippen LogP contribution >= 0.6 is 0 Å². The lowest BCUT2D eigenvalue weighted by Gasteiger charge is -2.24. The van der Waals surface area contributed by atoms with E-state index in [1.54, 1.807) is 0 Å². The van der Waals surface area contributed by atoms with E-state index in [-0.39, 0.29) is 31.3 Å². The molecule has 6 nitrogen and oxygen atoms in total. The van der Waals surface area contributed by atoms with Gasteiger partial charge < -0.3 is 20.3 Å². The highest BCUT2D eigenvalue weighted by Crippen LogP contribution is 2.17. The number of unbranched alkanes of at least 4 members (excludes halogenated alkanes) is 24. The minimum Gasteiger partial charge on any atom is -0.462 e. The molecule has 0 saturated carbocycles. The molecule has 1 amide bonds. The average molecular weight is 935 g/mol. The molecule has 0 fully saturated rings. The first-order valence-electron chi connectivity index (χ1n) is 28.3. The molecule has 0 radical (unpaired) electrons. The summed E-state index contributed by atoms with van der Waals surface area (Å²) >= 11 is 0. The first-order valence-corrected chi connectivity index (χ1v) is 28.3. The number of hydrogen-bond acceptors (Lipinski definition) is 5. The van der Waals surface area contributed by atoms with Gasteiger partial charge in [-0.25, -0.2) is 0 Å². The number of hydrogen-bond donors (Lipinski definition) is 3. The second-order valence-corrected chi connectivity index (χ2v) is 19.0. The number of aliphatic hydroxyl groups excluding tert-OH is 2. The van der Waals surface area contributed by atoms with Crippen LogP contribution in [0.4, 0.5) is 0 Å². The maximum Gasteiger partial charge on any atom is 0.306 e. The van der Waals surface area contributed by atoms with Gasteiger partial charge in [0.2, 0.25) is 5.91 Å². The number of ether oxygens (including phenoxy) is 1. The highest BCUT2D eigenvalue weighted by atomic mass is 16.5. The molecule has 6 heteroatoms. The number of esters is 1. The summed E-state index contributed by atoms with van der Waals surface area (Å²) in [4.78, 5) is 26.2. The first kappa shape index (κ1) is 64.0. The van der Waals surface area contributed by atoms with Crippen molar-refractivity contribution in [3.8, 4) is 0 Å². The number of carbonyl (C=O) groups excluding carboxylic acids is 2. The van der Waals surface area contributed by atoms with Gasteiger partial charge in [-0.3, -0.25) is 9.59 Å². The number of aliphatic hydroxyl groups is 2. The van der Waals surface area contributed by atoms with Crippen LogP contribution in [0, 0.1) is 0 Å². The fourth-order valence-electron chi connectivity index (χ4n) is 8.22. The molecule has 0 bridgehead atoms. The van der Waals surface area contributed by atoms with E-state index in [2.05, 4.69) is 105 Å². The molecular weight excluding hydrogens is 827 g/mol. The Morgan fingerprint density at radius 2 is 0.806 bits per heavy atom. The molecule has 0 aromatic carbocycles. The summed E-state index contributed by atoms with van der Waals surface area (Å²) in [5, 5.41) is 23.8. The van der Waals surface area contributed by atoms with Crippen LogP contribution in [0.3, 0.4) is 0 Å². The van der Waals surface area contributed by atoms with Crippen molar-refractivity contribution in [2.45, 2.75) is 283 Å². The van der Waals surface area contributed by atoms with Crippen LogP contribution < -0.4 is 5.32 Å². The Hall–Kier alpha value is -2.96. The van der Waals surface area contributed by atoms with Crippen molar-refractivity contribution >= 4 is 11.9 Å². The number of amides is 1. The molecule has 3 atom stereocenters. The van der Waals surface area contributed by atoms with E-state index in [4.69, 9.17) is 4.74 Å². The minimum absolute atomic E-state index is 0.0339. The van der Waals surface area contributed by atoms with E-state index in [0.29, 0.717) is 19.3 Å². The quantitative estimate of drug-likeness (QED) is 0.0321. The van der Waals surface area contributed by atoms with Crippen LogP contribution in [0.25, 0.3) is 0 Å². The molecule has 3 N–H and O–H groups in total. The van der Waals surface area contributed by atoms with E-state index in [1.807, 2.05) is 6.08 Å². The van der Waals surface area contributed by atoms with Gasteiger partial charge in [-0.05, 0) is 89.9 Å². The van der Waals surface area contributed by atoms with Gasteiger partial charge in [0.1, 0.15) is 6.10 Å².